The lowest BCUT2D eigenvalue weighted by Crippen LogP contribution is -2.16. The minimum atomic E-state index is -4.35. The Balaban J connectivity index is 2.48. The highest BCUT2D eigenvalue weighted by Crippen LogP contribution is 2.33. The molecule has 4 heteroatoms. The Morgan fingerprint density at radius 3 is 2.05 bits per heavy atom. The van der Waals surface area contributed by atoms with Crippen molar-refractivity contribution in [2.45, 2.75) is 33.0 Å². The standard InChI is InChI=1S/C17H18F3N/c1-10-7-11(2)15(12(3)8-10)16(21)13-5-4-6-14(9-13)17(18,19)20/h4-9,16H,21H2,1-3H3. The Kier molecular flexibility index (Phi) is 4.10. The van der Waals surface area contributed by atoms with Crippen LogP contribution in [0.1, 0.15) is 39.4 Å². The first-order valence-electron chi connectivity index (χ1n) is 6.70. The van der Waals surface area contributed by atoms with Crippen molar-refractivity contribution < 1.29 is 13.2 Å². The molecule has 1 unspecified atom stereocenters. The van der Waals surface area contributed by atoms with Gasteiger partial charge in [-0.05, 0) is 55.2 Å². The molecule has 0 radical (unpaired) electrons. The van der Waals surface area contributed by atoms with Crippen molar-refractivity contribution in [3.8, 4) is 0 Å². The van der Waals surface area contributed by atoms with Crippen molar-refractivity contribution in [2.24, 2.45) is 5.73 Å². The molecule has 0 saturated heterocycles. The van der Waals surface area contributed by atoms with Gasteiger partial charge in [-0.15, -0.1) is 0 Å². The average molecular weight is 293 g/mol. The summed E-state index contributed by atoms with van der Waals surface area (Å²) in [4.78, 5) is 0. The third-order valence-corrected chi connectivity index (χ3v) is 3.62. The number of hydrogen-bond acceptors (Lipinski definition) is 1. The molecule has 1 nitrogen and oxygen atoms in total. The maximum absolute atomic E-state index is 12.8. The van der Waals surface area contributed by atoms with Gasteiger partial charge in [0.2, 0.25) is 0 Å². The van der Waals surface area contributed by atoms with Crippen LogP contribution >= 0.6 is 0 Å². The van der Waals surface area contributed by atoms with Crippen LogP contribution in [0.4, 0.5) is 13.2 Å². The lowest BCUT2D eigenvalue weighted by molar-refractivity contribution is -0.137. The summed E-state index contributed by atoms with van der Waals surface area (Å²) in [6, 6.07) is 8.66. The van der Waals surface area contributed by atoms with Crippen LogP contribution in [0, 0.1) is 20.8 Å². The van der Waals surface area contributed by atoms with Crippen LogP contribution in [0.3, 0.4) is 0 Å². The van der Waals surface area contributed by atoms with Crippen molar-refractivity contribution in [3.63, 3.8) is 0 Å². The second-order valence-electron chi connectivity index (χ2n) is 5.41. The van der Waals surface area contributed by atoms with Gasteiger partial charge in [0.1, 0.15) is 0 Å². The molecule has 0 saturated carbocycles. The fraction of sp³-hybridized carbons (Fsp3) is 0.294. The fourth-order valence-corrected chi connectivity index (χ4v) is 2.76. The first-order valence-corrected chi connectivity index (χ1v) is 6.70. The Morgan fingerprint density at radius 2 is 1.52 bits per heavy atom. The Bertz CT molecular complexity index is 636. The Morgan fingerprint density at radius 1 is 0.952 bits per heavy atom. The zero-order valence-corrected chi connectivity index (χ0v) is 12.3. The summed E-state index contributed by atoms with van der Waals surface area (Å²) in [7, 11) is 0. The molecule has 0 bridgehead atoms. The van der Waals surface area contributed by atoms with Gasteiger partial charge in [0.05, 0.1) is 11.6 Å². The van der Waals surface area contributed by atoms with E-state index in [1.54, 1.807) is 6.07 Å². The second kappa shape index (κ2) is 5.53. The highest BCUT2D eigenvalue weighted by atomic mass is 19.4. The zero-order valence-electron chi connectivity index (χ0n) is 12.3. The van der Waals surface area contributed by atoms with Gasteiger partial charge in [-0.3, -0.25) is 0 Å². The molecule has 0 spiro atoms. The highest BCUT2D eigenvalue weighted by molar-refractivity contribution is 5.44. The molecule has 2 rings (SSSR count). The predicted molar refractivity (Wildman–Crippen MR) is 78.1 cm³/mol. The van der Waals surface area contributed by atoms with Crippen molar-refractivity contribution in [1.82, 2.24) is 0 Å². The van der Waals surface area contributed by atoms with Crippen LogP contribution in [0.2, 0.25) is 0 Å². The smallest absolute Gasteiger partial charge is 0.320 e. The number of rotatable bonds is 2. The molecule has 0 heterocycles. The van der Waals surface area contributed by atoms with Gasteiger partial charge in [0.25, 0.3) is 0 Å². The van der Waals surface area contributed by atoms with E-state index in [1.807, 2.05) is 32.9 Å². The lowest BCUT2D eigenvalue weighted by atomic mass is 9.90. The summed E-state index contributed by atoms with van der Waals surface area (Å²) in [5.41, 5.74) is 10.0. The summed E-state index contributed by atoms with van der Waals surface area (Å²) in [5, 5.41) is 0. The Hall–Kier alpha value is -1.81. The molecule has 2 aromatic rings. The molecular weight excluding hydrogens is 275 g/mol. The number of halogens is 3. The minimum absolute atomic E-state index is 0.472. The maximum Gasteiger partial charge on any atom is 0.416 e. The molecule has 2 aromatic carbocycles. The van der Waals surface area contributed by atoms with Crippen LogP contribution < -0.4 is 5.73 Å². The van der Waals surface area contributed by atoms with Crippen molar-refractivity contribution in [2.75, 3.05) is 0 Å². The molecule has 0 aliphatic heterocycles. The molecule has 0 aliphatic carbocycles. The van der Waals surface area contributed by atoms with Crippen LogP contribution in [-0.4, -0.2) is 0 Å². The van der Waals surface area contributed by atoms with Gasteiger partial charge in [-0.25, -0.2) is 0 Å². The quantitative estimate of drug-likeness (QED) is 0.855. The summed E-state index contributed by atoms with van der Waals surface area (Å²) in [6.07, 6.45) is -4.35. The molecular formula is C17H18F3N. The number of benzene rings is 2. The minimum Gasteiger partial charge on any atom is -0.320 e. The van der Waals surface area contributed by atoms with Crippen LogP contribution in [0.25, 0.3) is 0 Å². The van der Waals surface area contributed by atoms with E-state index in [9.17, 15) is 13.2 Å². The van der Waals surface area contributed by atoms with Crippen LogP contribution in [-0.2, 0) is 6.18 Å². The summed E-state index contributed by atoms with van der Waals surface area (Å²) in [6.45, 7) is 5.85. The zero-order chi connectivity index (χ0) is 15.8. The van der Waals surface area contributed by atoms with Gasteiger partial charge in [0, 0.05) is 0 Å². The van der Waals surface area contributed by atoms with E-state index in [2.05, 4.69) is 0 Å². The van der Waals surface area contributed by atoms with Crippen LogP contribution in [0.5, 0.6) is 0 Å². The van der Waals surface area contributed by atoms with Gasteiger partial charge in [-0.1, -0.05) is 29.8 Å². The van der Waals surface area contributed by atoms with Gasteiger partial charge in [0.15, 0.2) is 0 Å². The van der Waals surface area contributed by atoms with Crippen molar-refractivity contribution in [1.29, 1.82) is 0 Å². The maximum atomic E-state index is 12.8. The first-order chi connectivity index (χ1) is 9.70. The summed E-state index contributed by atoms with van der Waals surface area (Å²) >= 11 is 0. The van der Waals surface area contributed by atoms with Crippen molar-refractivity contribution >= 4 is 0 Å². The molecule has 2 N–H and O–H groups in total. The number of alkyl halides is 3. The van der Waals surface area contributed by atoms with Gasteiger partial charge < -0.3 is 5.73 Å². The number of nitrogens with two attached hydrogens (primary N) is 1. The van der Waals surface area contributed by atoms with E-state index in [-0.39, 0.29) is 0 Å². The summed E-state index contributed by atoms with van der Waals surface area (Å²) < 4.78 is 38.4. The van der Waals surface area contributed by atoms with Crippen molar-refractivity contribution in [3.05, 3.63) is 69.8 Å². The largest absolute Gasteiger partial charge is 0.416 e. The SMILES string of the molecule is Cc1cc(C)c(C(N)c2cccc(C(F)(F)F)c2)c(C)c1. The highest BCUT2D eigenvalue weighted by Gasteiger charge is 2.31. The lowest BCUT2D eigenvalue weighted by Gasteiger charge is -2.20. The third kappa shape index (κ3) is 3.27. The van der Waals surface area contributed by atoms with E-state index in [0.717, 1.165) is 34.4 Å². The number of hydrogen-bond donors (Lipinski definition) is 1. The van der Waals surface area contributed by atoms with Crippen LogP contribution in [0.15, 0.2) is 36.4 Å². The second-order valence-corrected chi connectivity index (χ2v) is 5.41. The molecule has 0 aromatic heterocycles. The third-order valence-electron chi connectivity index (χ3n) is 3.62. The van der Waals surface area contributed by atoms with E-state index in [4.69, 9.17) is 5.73 Å². The first kappa shape index (κ1) is 15.6. The molecule has 112 valence electrons. The van der Waals surface area contributed by atoms with E-state index in [0.29, 0.717) is 5.56 Å². The average Bonchev–Trinajstić information content (AvgIpc) is 2.36. The van der Waals surface area contributed by atoms with Gasteiger partial charge in [-0.2, -0.15) is 13.2 Å². The monoisotopic (exact) mass is 293 g/mol. The molecule has 0 aliphatic rings. The predicted octanol–water partition coefficient (Wildman–Crippen LogP) is 4.68. The molecule has 1 atom stereocenters. The fourth-order valence-electron chi connectivity index (χ4n) is 2.76. The molecule has 0 amide bonds. The van der Waals surface area contributed by atoms with Gasteiger partial charge >= 0.3 is 6.18 Å². The molecule has 0 fully saturated rings. The van der Waals surface area contributed by atoms with E-state index >= 15 is 0 Å². The Labute approximate surface area is 122 Å². The molecule has 21 heavy (non-hydrogen) atoms. The number of aryl methyl sites for hydroxylation is 3. The van der Waals surface area contributed by atoms with E-state index in [1.165, 1.54) is 6.07 Å². The van der Waals surface area contributed by atoms with E-state index < -0.39 is 17.8 Å². The topological polar surface area (TPSA) is 26.0 Å². The summed E-state index contributed by atoms with van der Waals surface area (Å²) in [5.74, 6) is 0. The normalized spacial score (nSPS) is 13.3.